The van der Waals surface area contributed by atoms with E-state index in [1.54, 1.807) is 6.20 Å². The minimum atomic E-state index is -0.0434. The fourth-order valence-corrected chi connectivity index (χ4v) is 4.51. The molecule has 25 heavy (non-hydrogen) atoms. The Morgan fingerprint density at radius 2 is 2.00 bits per heavy atom. The number of aromatic nitrogens is 2. The van der Waals surface area contributed by atoms with E-state index < -0.39 is 0 Å². The van der Waals surface area contributed by atoms with E-state index >= 15 is 0 Å². The number of carbonyl (C=O) groups excluding carboxylic acids is 2. The Kier molecular flexibility index (Phi) is 4.29. The molecule has 0 spiro atoms. The van der Waals surface area contributed by atoms with Gasteiger partial charge in [-0.15, -0.1) is 0 Å². The summed E-state index contributed by atoms with van der Waals surface area (Å²) < 4.78 is 1.98. The topological polar surface area (TPSA) is 67.2 Å². The number of amides is 2. The van der Waals surface area contributed by atoms with Crippen molar-refractivity contribution in [3.8, 4) is 0 Å². The van der Waals surface area contributed by atoms with E-state index in [9.17, 15) is 9.59 Å². The van der Waals surface area contributed by atoms with Crippen molar-refractivity contribution in [1.82, 2.24) is 19.8 Å². The van der Waals surface area contributed by atoms with Crippen LogP contribution in [0, 0.1) is 23.7 Å². The van der Waals surface area contributed by atoms with Gasteiger partial charge in [-0.3, -0.25) is 9.59 Å². The lowest BCUT2D eigenvalue weighted by molar-refractivity contribution is -0.129. The molecule has 2 atom stereocenters. The van der Waals surface area contributed by atoms with E-state index in [0.717, 1.165) is 5.82 Å². The zero-order valence-electron chi connectivity index (χ0n) is 15.1. The zero-order chi connectivity index (χ0) is 17.6. The first kappa shape index (κ1) is 16.6. The predicted molar refractivity (Wildman–Crippen MR) is 93.4 cm³/mol. The van der Waals surface area contributed by atoms with Gasteiger partial charge in [0.2, 0.25) is 11.8 Å². The molecule has 2 amide bonds. The van der Waals surface area contributed by atoms with E-state index in [2.05, 4.69) is 10.3 Å². The predicted octanol–water partition coefficient (Wildman–Crippen LogP) is 1.88. The lowest BCUT2D eigenvalue weighted by Crippen LogP contribution is -2.38. The van der Waals surface area contributed by atoms with Gasteiger partial charge in [-0.05, 0) is 44.4 Å². The van der Waals surface area contributed by atoms with Gasteiger partial charge in [-0.25, -0.2) is 4.98 Å². The maximum Gasteiger partial charge on any atom is 0.223 e. The van der Waals surface area contributed by atoms with Crippen molar-refractivity contribution >= 4 is 11.8 Å². The van der Waals surface area contributed by atoms with Gasteiger partial charge in [0.25, 0.3) is 0 Å². The molecule has 3 fully saturated rings. The van der Waals surface area contributed by atoms with Gasteiger partial charge in [0.1, 0.15) is 5.82 Å². The molecule has 2 aliphatic carbocycles. The third-order valence-corrected chi connectivity index (χ3v) is 6.10. The monoisotopic (exact) mass is 344 g/mol. The van der Waals surface area contributed by atoms with Crippen LogP contribution < -0.4 is 5.32 Å². The smallest absolute Gasteiger partial charge is 0.223 e. The Balaban J connectivity index is 1.45. The van der Waals surface area contributed by atoms with Crippen molar-refractivity contribution in [1.29, 1.82) is 0 Å². The van der Waals surface area contributed by atoms with E-state index in [-0.39, 0.29) is 29.7 Å². The second-order valence-electron chi connectivity index (χ2n) is 7.93. The first-order chi connectivity index (χ1) is 12.1. The number of carbonyl (C=O) groups is 2. The minimum absolute atomic E-state index is 0.0434. The van der Waals surface area contributed by atoms with Crippen LogP contribution in [0.3, 0.4) is 0 Å². The van der Waals surface area contributed by atoms with Crippen LogP contribution in [0.25, 0.3) is 0 Å². The number of nitrogens with zero attached hydrogens (tertiary/aromatic N) is 3. The Morgan fingerprint density at radius 3 is 2.52 bits per heavy atom. The quantitative estimate of drug-likeness (QED) is 0.821. The van der Waals surface area contributed by atoms with E-state index in [0.29, 0.717) is 31.3 Å². The Hall–Kier alpha value is -1.85. The molecule has 0 bridgehead atoms. The third-order valence-electron chi connectivity index (χ3n) is 6.10. The summed E-state index contributed by atoms with van der Waals surface area (Å²) in [5, 5.41) is 3.19. The summed E-state index contributed by atoms with van der Waals surface area (Å²) in [6.45, 7) is 3.24. The van der Waals surface area contributed by atoms with Gasteiger partial charge in [0, 0.05) is 50.8 Å². The van der Waals surface area contributed by atoms with Crippen LogP contribution in [0.4, 0.5) is 0 Å². The van der Waals surface area contributed by atoms with E-state index in [1.165, 1.54) is 25.7 Å². The second kappa shape index (κ2) is 6.46. The molecule has 1 aromatic heterocycles. The summed E-state index contributed by atoms with van der Waals surface area (Å²) in [4.78, 5) is 31.5. The molecule has 6 nitrogen and oxygen atoms in total. The van der Waals surface area contributed by atoms with Gasteiger partial charge in [-0.1, -0.05) is 0 Å². The highest BCUT2D eigenvalue weighted by Crippen LogP contribution is 2.49. The Bertz CT molecular complexity index is 650. The van der Waals surface area contributed by atoms with Crippen LogP contribution in [0.2, 0.25) is 0 Å². The normalized spacial score (nSPS) is 26.5. The largest absolute Gasteiger partial charge is 0.355 e. The van der Waals surface area contributed by atoms with Crippen LogP contribution in [0.5, 0.6) is 0 Å². The van der Waals surface area contributed by atoms with Crippen LogP contribution in [0.1, 0.15) is 50.9 Å². The van der Waals surface area contributed by atoms with Crippen molar-refractivity contribution in [2.45, 2.75) is 45.1 Å². The van der Waals surface area contributed by atoms with Crippen molar-refractivity contribution in [2.75, 3.05) is 13.1 Å². The first-order valence-electron chi connectivity index (χ1n) is 9.64. The number of likely N-dealkylation sites (tertiary alicyclic amines) is 1. The molecule has 1 aliphatic heterocycles. The molecule has 2 heterocycles. The Labute approximate surface area is 149 Å². The van der Waals surface area contributed by atoms with Crippen LogP contribution in [-0.4, -0.2) is 39.4 Å². The molecule has 0 aromatic carbocycles. The highest BCUT2D eigenvalue weighted by atomic mass is 16.2. The molecular weight excluding hydrogens is 316 g/mol. The van der Waals surface area contributed by atoms with Crippen molar-refractivity contribution in [3.63, 3.8) is 0 Å². The van der Waals surface area contributed by atoms with Crippen LogP contribution in [-0.2, 0) is 16.6 Å². The van der Waals surface area contributed by atoms with Gasteiger partial charge in [0.05, 0.1) is 6.04 Å². The highest BCUT2D eigenvalue weighted by molar-refractivity contribution is 5.81. The zero-order valence-corrected chi connectivity index (χ0v) is 15.1. The third kappa shape index (κ3) is 3.18. The number of hydrogen-bond acceptors (Lipinski definition) is 3. The fraction of sp³-hybridized carbons (Fsp3) is 0.737. The average molecular weight is 344 g/mol. The first-order valence-corrected chi connectivity index (χ1v) is 9.64. The molecule has 136 valence electrons. The summed E-state index contributed by atoms with van der Waals surface area (Å²) >= 11 is 0. The van der Waals surface area contributed by atoms with Crippen LogP contribution >= 0.6 is 0 Å². The number of rotatable bonds is 7. The molecule has 4 rings (SSSR count). The molecule has 1 aromatic rings. The summed E-state index contributed by atoms with van der Waals surface area (Å²) in [5.41, 5.74) is 0. The summed E-state index contributed by atoms with van der Waals surface area (Å²) in [6.07, 6.45) is 9.00. The van der Waals surface area contributed by atoms with Gasteiger partial charge >= 0.3 is 0 Å². The SMILES string of the molecule is CCN1C(=O)C[C@@H](CNC(=O)C(C2CC2)C2CC2)[C@@H]1c1nccn1C. The van der Waals surface area contributed by atoms with Crippen molar-refractivity contribution < 1.29 is 9.59 Å². The molecule has 6 heteroatoms. The minimum Gasteiger partial charge on any atom is -0.355 e. The van der Waals surface area contributed by atoms with Gasteiger partial charge in [0.15, 0.2) is 0 Å². The average Bonchev–Trinajstić information content (AvgIpc) is 3.51. The molecule has 2 saturated carbocycles. The summed E-state index contributed by atoms with van der Waals surface area (Å²) in [6, 6.07) is -0.0434. The number of imidazole rings is 1. The maximum absolute atomic E-state index is 12.7. The fourth-order valence-electron chi connectivity index (χ4n) is 4.51. The second-order valence-corrected chi connectivity index (χ2v) is 7.93. The van der Waals surface area contributed by atoms with Crippen LogP contribution in [0.15, 0.2) is 12.4 Å². The molecule has 0 unspecified atom stereocenters. The van der Waals surface area contributed by atoms with Crippen molar-refractivity contribution in [3.05, 3.63) is 18.2 Å². The van der Waals surface area contributed by atoms with Gasteiger partial charge in [-0.2, -0.15) is 0 Å². The summed E-state index contributed by atoms with van der Waals surface area (Å²) in [5.74, 6) is 2.81. The maximum atomic E-state index is 12.7. The van der Waals surface area contributed by atoms with Crippen molar-refractivity contribution in [2.24, 2.45) is 30.7 Å². The molecule has 3 aliphatic rings. The lowest BCUT2D eigenvalue weighted by Gasteiger charge is -2.27. The molecule has 1 saturated heterocycles. The molecule has 0 radical (unpaired) electrons. The number of aryl methyl sites for hydroxylation is 1. The Morgan fingerprint density at radius 1 is 1.32 bits per heavy atom. The molecule has 1 N–H and O–H groups in total. The van der Waals surface area contributed by atoms with E-state index in [1.807, 2.05) is 29.6 Å². The number of hydrogen-bond donors (Lipinski definition) is 1. The molecular formula is C19H28N4O2. The van der Waals surface area contributed by atoms with E-state index in [4.69, 9.17) is 0 Å². The van der Waals surface area contributed by atoms with Gasteiger partial charge < -0.3 is 14.8 Å². The standard InChI is InChI=1S/C19H28N4O2/c1-3-23-15(24)10-14(17(23)18-20-8-9-22(18)2)11-21-19(25)16(12-4-5-12)13-6-7-13/h8-9,12-14,16-17H,3-7,10-11H2,1-2H3,(H,21,25)/t14-,17+/m0/s1. The highest BCUT2D eigenvalue weighted by Gasteiger charge is 2.46. The number of nitrogens with one attached hydrogen (secondary N) is 1. The summed E-state index contributed by atoms with van der Waals surface area (Å²) in [7, 11) is 1.96. The lowest BCUT2D eigenvalue weighted by atomic mass is 9.95.